The molecule has 0 aliphatic heterocycles. The van der Waals surface area contributed by atoms with Gasteiger partial charge in [-0.2, -0.15) is 0 Å². The maximum absolute atomic E-state index is 7.77. The number of ether oxygens (including phenoxy) is 1. The van der Waals surface area contributed by atoms with Gasteiger partial charge in [0.05, 0.1) is 0 Å². The average molecular weight is 98.1 g/mol. The molecule has 2 heteroatoms. The molecule has 0 radical (unpaired) electrons. The van der Waals surface area contributed by atoms with E-state index in [1.807, 2.05) is 6.11 Å². The monoisotopic (exact) mass is 98.0 g/mol. The van der Waals surface area contributed by atoms with Crippen molar-refractivity contribution in [2.45, 2.75) is 0 Å². The fraction of sp³-hybridized carbons (Fsp3) is 0.200. The molecule has 0 saturated heterocycles. The number of hydrogen-bond acceptors (Lipinski definition) is 2. The summed E-state index contributed by atoms with van der Waals surface area (Å²) in [6.45, 7) is 3.71. The van der Waals surface area contributed by atoms with Crippen LogP contribution in [0.2, 0.25) is 0 Å². The molecular formula is C5H6O2. The van der Waals surface area contributed by atoms with Crippen molar-refractivity contribution >= 4 is 0 Å². The Morgan fingerprint density at radius 2 is 2.57 bits per heavy atom. The highest BCUT2D eigenvalue weighted by Gasteiger charge is 1.65. The van der Waals surface area contributed by atoms with Gasteiger partial charge in [-0.05, 0) is 0 Å². The van der Waals surface area contributed by atoms with Gasteiger partial charge in [0.2, 0.25) is 0 Å². The number of aliphatic hydroxyl groups is 1. The van der Waals surface area contributed by atoms with Crippen LogP contribution in [0.1, 0.15) is 0 Å². The van der Waals surface area contributed by atoms with Crippen molar-refractivity contribution in [2.24, 2.45) is 0 Å². The van der Waals surface area contributed by atoms with Gasteiger partial charge in [-0.25, -0.2) is 0 Å². The SMILES string of the molecule is C=CCOC#CO. The molecule has 38 valence electrons. The summed E-state index contributed by atoms with van der Waals surface area (Å²) in [6, 6.07) is 0. The predicted octanol–water partition coefficient (Wildman–Crippen LogP) is 0.480. The molecule has 0 spiro atoms. The molecular weight excluding hydrogens is 92.1 g/mol. The van der Waals surface area contributed by atoms with Gasteiger partial charge in [0.1, 0.15) is 6.61 Å². The molecule has 0 atom stereocenters. The summed E-state index contributed by atoms with van der Waals surface area (Å²) in [4.78, 5) is 0. The second-order valence-corrected chi connectivity index (χ2v) is 0.814. The van der Waals surface area contributed by atoms with E-state index in [1.54, 1.807) is 12.2 Å². The van der Waals surface area contributed by atoms with Gasteiger partial charge >= 0.3 is 0 Å². The third-order valence-electron chi connectivity index (χ3n) is 0.319. The van der Waals surface area contributed by atoms with Gasteiger partial charge in [-0.1, -0.05) is 12.7 Å². The average Bonchev–Trinajstić information content (AvgIpc) is 1.69. The zero-order valence-corrected chi connectivity index (χ0v) is 3.85. The maximum atomic E-state index is 7.77. The highest BCUT2D eigenvalue weighted by Crippen LogP contribution is 1.66. The molecule has 0 bridgehead atoms. The van der Waals surface area contributed by atoms with Gasteiger partial charge in [-0.3, -0.25) is 0 Å². The van der Waals surface area contributed by atoms with Gasteiger partial charge in [-0.15, -0.1) is 0 Å². The minimum atomic E-state index is 0.355. The van der Waals surface area contributed by atoms with E-state index in [2.05, 4.69) is 11.3 Å². The van der Waals surface area contributed by atoms with Crippen LogP contribution in [-0.2, 0) is 4.74 Å². The highest BCUT2D eigenvalue weighted by atomic mass is 16.5. The first-order chi connectivity index (χ1) is 3.41. The third kappa shape index (κ3) is 4.90. The Hall–Kier alpha value is -1.10. The first-order valence-electron chi connectivity index (χ1n) is 1.78. The van der Waals surface area contributed by atoms with Gasteiger partial charge in [0.15, 0.2) is 12.2 Å². The Labute approximate surface area is 42.4 Å². The van der Waals surface area contributed by atoms with Crippen LogP contribution in [0, 0.1) is 12.2 Å². The lowest BCUT2D eigenvalue weighted by atomic mass is 10.7. The second kappa shape index (κ2) is 4.90. The van der Waals surface area contributed by atoms with Gasteiger partial charge in [0, 0.05) is 0 Å². The molecule has 0 aliphatic rings. The topological polar surface area (TPSA) is 29.5 Å². The summed E-state index contributed by atoms with van der Waals surface area (Å²) < 4.78 is 4.40. The largest absolute Gasteiger partial charge is 0.460 e. The maximum Gasteiger partial charge on any atom is 0.155 e. The van der Waals surface area contributed by atoms with E-state index in [9.17, 15) is 0 Å². The molecule has 1 N–H and O–H groups in total. The van der Waals surface area contributed by atoms with Crippen molar-refractivity contribution in [3.8, 4) is 12.2 Å². The predicted molar refractivity (Wildman–Crippen MR) is 25.9 cm³/mol. The molecule has 0 amide bonds. The summed E-state index contributed by atoms with van der Waals surface area (Å²) in [5, 5.41) is 7.77. The summed E-state index contributed by atoms with van der Waals surface area (Å²) in [5.41, 5.74) is 0. The van der Waals surface area contributed by atoms with E-state index < -0.39 is 0 Å². The fourth-order valence-corrected chi connectivity index (χ4v) is 0.133. The van der Waals surface area contributed by atoms with Crippen molar-refractivity contribution < 1.29 is 9.84 Å². The lowest BCUT2D eigenvalue weighted by Gasteiger charge is -1.82. The lowest BCUT2D eigenvalue weighted by Crippen LogP contribution is -1.77. The van der Waals surface area contributed by atoms with Crippen LogP contribution in [0.5, 0.6) is 0 Å². The minimum absolute atomic E-state index is 0.355. The molecule has 0 rings (SSSR count). The number of rotatable bonds is 2. The van der Waals surface area contributed by atoms with Gasteiger partial charge in [0.25, 0.3) is 0 Å². The number of aliphatic hydroxyl groups excluding tert-OH is 1. The second-order valence-electron chi connectivity index (χ2n) is 0.814. The van der Waals surface area contributed by atoms with Crippen molar-refractivity contribution in [2.75, 3.05) is 6.61 Å². The van der Waals surface area contributed by atoms with Crippen LogP contribution in [0.15, 0.2) is 12.7 Å². The van der Waals surface area contributed by atoms with E-state index in [-0.39, 0.29) is 0 Å². The molecule has 0 saturated carbocycles. The third-order valence-corrected chi connectivity index (χ3v) is 0.319. The zero-order chi connectivity index (χ0) is 5.54. The highest BCUT2D eigenvalue weighted by molar-refractivity contribution is 4.79. The van der Waals surface area contributed by atoms with Crippen molar-refractivity contribution in [1.29, 1.82) is 0 Å². The quantitative estimate of drug-likeness (QED) is 0.309. The van der Waals surface area contributed by atoms with Crippen LogP contribution in [0.3, 0.4) is 0 Å². The summed E-state index contributed by atoms with van der Waals surface area (Å²) in [5.74, 6) is 0. The molecule has 0 aliphatic carbocycles. The molecule has 0 aromatic rings. The first-order valence-corrected chi connectivity index (χ1v) is 1.78. The van der Waals surface area contributed by atoms with Crippen LogP contribution in [0.25, 0.3) is 0 Å². The Morgan fingerprint density at radius 1 is 1.86 bits per heavy atom. The Balaban J connectivity index is 2.92. The molecule has 0 heterocycles. The Morgan fingerprint density at radius 3 is 3.00 bits per heavy atom. The normalized spacial score (nSPS) is 5.71. The summed E-state index contributed by atoms with van der Waals surface area (Å²) in [7, 11) is 0. The Kier molecular flexibility index (Phi) is 4.13. The van der Waals surface area contributed by atoms with Crippen molar-refractivity contribution in [3.05, 3.63) is 12.7 Å². The first kappa shape index (κ1) is 5.90. The smallest absolute Gasteiger partial charge is 0.155 e. The van der Waals surface area contributed by atoms with E-state index in [1.165, 1.54) is 0 Å². The van der Waals surface area contributed by atoms with Crippen LogP contribution < -0.4 is 0 Å². The molecule has 0 fully saturated rings. The van der Waals surface area contributed by atoms with E-state index in [0.29, 0.717) is 6.61 Å². The van der Waals surface area contributed by atoms with Crippen LogP contribution in [0.4, 0.5) is 0 Å². The number of hydrogen-bond donors (Lipinski definition) is 1. The zero-order valence-electron chi connectivity index (χ0n) is 3.85. The molecule has 7 heavy (non-hydrogen) atoms. The van der Waals surface area contributed by atoms with E-state index in [0.717, 1.165) is 0 Å². The van der Waals surface area contributed by atoms with E-state index >= 15 is 0 Å². The minimum Gasteiger partial charge on any atom is -0.460 e. The lowest BCUT2D eigenvalue weighted by molar-refractivity contribution is 0.314. The van der Waals surface area contributed by atoms with Crippen molar-refractivity contribution in [1.82, 2.24) is 0 Å². The van der Waals surface area contributed by atoms with Gasteiger partial charge < -0.3 is 9.84 Å². The summed E-state index contributed by atoms with van der Waals surface area (Å²) >= 11 is 0. The molecule has 0 aromatic heterocycles. The Bertz CT molecular complexity index is 96.4. The van der Waals surface area contributed by atoms with Crippen LogP contribution in [-0.4, -0.2) is 11.7 Å². The van der Waals surface area contributed by atoms with Crippen LogP contribution >= 0.6 is 0 Å². The molecule has 0 unspecified atom stereocenters. The van der Waals surface area contributed by atoms with Crippen molar-refractivity contribution in [3.63, 3.8) is 0 Å². The summed E-state index contributed by atoms with van der Waals surface area (Å²) in [6.07, 6.45) is 5.11. The molecule has 0 aromatic carbocycles. The fourth-order valence-electron chi connectivity index (χ4n) is 0.133. The van der Waals surface area contributed by atoms with E-state index in [4.69, 9.17) is 5.11 Å². The molecule has 2 nitrogen and oxygen atoms in total. The standard InChI is InChI=1S/C5H6O2/c1-2-4-7-5-3-6/h2,6H,1,4H2.